The second-order valence-electron chi connectivity index (χ2n) is 6.27. The molecule has 0 aliphatic carbocycles. The van der Waals surface area contributed by atoms with Gasteiger partial charge in [0.2, 0.25) is 0 Å². The second-order valence-corrected chi connectivity index (χ2v) is 6.27. The molecule has 0 amide bonds. The number of rotatable bonds is 6. The first-order valence-corrected chi connectivity index (χ1v) is 8.94. The predicted octanol–water partition coefficient (Wildman–Crippen LogP) is 5.99. The second kappa shape index (κ2) is 7.97. The summed E-state index contributed by atoms with van der Waals surface area (Å²) in [7, 11) is 0. The SMILES string of the molecule is CCc1c[c]cc(CC)c1CC(c1ccccc1)c1ccccc1. The van der Waals surface area contributed by atoms with Crippen molar-refractivity contribution < 1.29 is 0 Å². The van der Waals surface area contributed by atoms with E-state index < -0.39 is 0 Å². The van der Waals surface area contributed by atoms with Gasteiger partial charge in [-0.1, -0.05) is 86.6 Å². The van der Waals surface area contributed by atoms with Gasteiger partial charge in [0, 0.05) is 5.92 Å². The summed E-state index contributed by atoms with van der Waals surface area (Å²) in [6.07, 6.45) is 3.18. The molecule has 0 bridgehead atoms. The molecule has 0 saturated heterocycles. The molecule has 0 heteroatoms. The largest absolute Gasteiger partial charge is 0.0622 e. The van der Waals surface area contributed by atoms with Crippen LogP contribution in [0.25, 0.3) is 0 Å². The van der Waals surface area contributed by atoms with Crippen LogP contribution in [0.2, 0.25) is 0 Å². The van der Waals surface area contributed by atoms with Gasteiger partial charge in [0.05, 0.1) is 0 Å². The van der Waals surface area contributed by atoms with Crippen LogP contribution in [0.3, 0.4) is 0 Å². The summed E-state index contributed by atoms with van der Waals surface area (Å²) in [5, 5.41) is 0. The van der Waals surface area contributed by atoms with Crippen LogP contribution in [0.4, 0.5) is 0 Å². The standard InChI is InChI=1S/C24H25/c1-3-19-16-11-17-20(4-2)23(19)18-24(21-12-7-5-8-13-21)22-14-9-6-10-15-22/h5-10,12-17,24H,3-4,18H2,1-2H3. The zero-order valence-electron chi connectivity index (χ0n) is 14.6. The molecule has 3 rings (SSSR count). The molecule has 0 saturated carbocycles. The molecule has 0 atom stereocenters. The van der Waals surface area contributed by atoms with Crippen molar-refractivity contribution in [1.82, 2.24) is 0 Å². The fourth-order valence-electron chi connectivity index (χ4n) is 3.52. The van der Waals surface area contributed by atoms with E-state index in [1.54, 1.807) is 0 Å². The minimum absolute atomic E-state index is 0.394. The Bertz CT molecular complexity index is 695. The van der Waals surface area contributed by atoms with Crippen molar-refractivity contribution in [1.29, 1.82) is 0 Å². The van der Waals surface area contributed by atoms with E-state index in [4.69, 9.17) is 0 Å². The average Bonchev–Trinajstić information content (AvgIpc) is 2.67. The van der Waals surface area contributed by atoms with Gasteiger partial charge < -0.3 is 0 Å². The third kappa shape index (κ3) is 3.59. The molecular formula is C24H25. The van der Waals surface area contributed by atoms with Crippen LogP contribution >= 0.6 is 0 Å². The molecule has 121 valence electrons. The van der Waals surface area contributed by atoms with Crippen LogP contribution < -0.4 is 0 Å². The van der Waals surface area contributed by atoms with Crippen molar-refractivity contribution >= 4 is 0 Å². The van der Waals surface area contributed by atoms with Gasteiger partial charge in [0.25, 0.3) is 0 Å². The maximum absolute atomic E-state index is 3.32. The molecule has 0 unspecified atom stereocenters. The smallest absolute Gasteiger partial charge is 0.0130 e. The Kier molecular flexibility index (Phi) is 5.48. The molecule has 0 aromatic heterocycles. The summed E-state index contributed by atoms with van der Waals surface area (Å²) in [6, 6.07) is 29.4. The van der Waals surface area contributed by atoms with Gasteiger partial charge in [-0.25, -0.2) is 0 Å². The monoisotopic (exact) mass is 313 g/mol. The third-order valence-corrected chi connectivity index (χ3v) is 4.86. The minimum atomic E-state index is 0.394. The number of hydrogen-bond donors (Lipinski definition) is 0. The third-order valence-electron chi connectivity index (χ3n) is 4.86. The fourth-order valence-corrected chi connectivity index (χ4v) is 3.52. The van der Waals surface area contributed by atoms with Gasteiger partial charge in [-0.05, 0) is 53.1 Å². The first kappa shape index (κ1) is 16.5. The average molecular weight is 313 g/mol. The molecule has 24 heavy (non-hydrogen) atoms. The minimum Gasteiger partial charge on any atom is -0.0622 e. The van der Waals surface area contributed by atoms with Crippen molar-refractivity contribution in [2.45, 2.75) is 39.0 Å². The highest BCUT2D eigenvalue weighted by molar-refractivity contribution is 5.40. The Hall–Kier alpha value is -2.34. The summed E-state index contributed by atoms with van der Waals surface area (Å²) < 4.78 is 0. The zero-order chi connectivity index (χ0) is 16.8. The van der Waals surface area contributed by atoms with Crippen LogP contribution in [0, 0.1) is 6.07 Å². The summed E-state index contributed by atoms with van der Waals surface area (Å²) in [4.78, 5) is 0. The Labute approximate surface area is 146 Å². The lowest BCUT2D eigenvalue weighted by molar-refractivity contribution is 0.784. The highest BCUT2D eigenvalue weighted by Gasteiger charge is 2.17. The molecule has 0 nitrogen and oxygen atoms in total. The van der Waals surface area contributed by atoms with E-state index in [0.29, 0.717) is 5.92 Å². The van der Waals surface area contributed by atoms with Crippen LogP contribution in [0.1, 0.15) is 47.6 Å². The highest BCUT2D eigenvalue weighted by Crippen LogP contribution is 2.31. The number of benzene rings is 3. The summed E-state index contributed by atoms with van der Waals surface area (Å²) in [5.41, 5.74) is 7.16. The van der Waals surface area contributed by atoms with E-state index in [0.717, 1.165) is 19.3 Å². The van der Waals surface area contributed by atoms with Gasteiger partial charge in [0.1, 0.15) is 0 Å². The van der Waals surface area contributed by atoms with E-state index >= 15 is 0 Å². The van der Waals surface area contributed by atoms with E-state index in [2.05, 4.69) is 92.7 Å². The topological polar surface area (TPSA) is 0 Å². The molecular weight excluding hydrogens is 288 g/mol. The fraction of sp³-hybridized carbons (Fsp3) is 0.250. The Morgan fingerprint density at radius 1 is 0.708 bits per heavy atom. The molecule has 1 radical (unpaired) electrons. The Balaban J connectivity index is 2.06. The summed E-state index contributed by atoms with van der Waals surface area (Å²) in [5.74, 6) is 0.394. The summed E-state index contributed by atoms with van der Waals surface area (Å²) >= 11 is 0. The zero-order valence-corrected chi connectivity index (χ0v) is 14.6. The number of aryl methyl sites for hydroxylation is 2. The summed E-state index contributed by atoms with van der Waals surface area (Å²) in [6.45, 7) is 4.48. The van der Waals surface area contributed by atoms with E-state index in [1.807, 2.05) is 0 Å². The van der Waals surface area contributed by atoms with Gasteiger partial charge in [-0.15, -0.1) is 0 Å². The lowest BCUT2D eigenvalue weighted by Crippen LogP contribution is -2.09. The lowest BCUT2D eigenvalue weighted by atomic mass is 9.82. The van der Waals surface area contributed by atoms with Crippen molar-refractivity contribution in [3.8, 4) is 0 Å². The molecule has 0 aliphatic rings. The van der Waals surface area contributed by atoms with Crippen LogP contribution in [-0.2, 0) is 19.3 Å². The lowest BCUT2D eigenvalue weighted by Gasteiger charge is -2.22. The molecule has 0 N–H and O–H groups in total. The van der Waals surface area contributed by atoms with Crippen LogP contribution in [-0.4, -0.2) is 0 Å². The molecule has 3 aromatic rings. The van der Waals surface area contributed by atoms with E-state index in [-0.39, 0.29) is 0 Å². The molecule has 0 spiro atoms. The first-order chi connectivity index (χ1) is 11.8. The Morgan fingerprint density at radius 3 is 1.58 bits per heavy atom. The normalized spacial score (nSPS) is 11.0. The van der Waals surface area contributed by atoms with Crippen molar-refractivity contribution in [3.63, 3.8) is 0 Å². The highest BCUT2D eigenvalue weighted by atomic mass is 14.2. The van der Waals surface area contributed by atoms with Gasteiger partial charge in [-0.2, -0.15) is 0 Å². The Morgan fingerprint density at radius 2 is 1.17 bits per heavy atom. The van der Waals surface area contributed by atoms with Crippen molar-refractivity contribution in [2.75, 3.05) is 0 Å². The predicted molar refractivity (Wildman–Crippen MR) is 102 cm³/mol. The van der Waals surface area contributed by atoms with E-state index in [9.17, 15) is 0 Å². The van der Waals surface area contributed by atoms with Gasteiger partial charge in [0.15, 0.2) is 0 Å². The van der Waals surface area contributed by atoms with E-state index in [1.165, 1.54) is 27.8 Å². The van der Waals surface area contributed by atoms with Gasteiger partial charge >= 0.3 is 0 Å². The molecule has 0 heterocycles. The number of hydrogen-bond acceptors (Lipinski definition) is 0. The molecule has 3 aromatic carbocycles. The first-order valence-electron chi connectivity index (χ1n) is 8.94. The maximum atomic E-state index is 3.32. The molecule has 0 fully saturated rings. The van der Waals surface area contributed by atoms with Crippen LogP contribution in [0.5, 0.6) is 0 Å². The molecule has 0 aliphatic heterocycles. The van der Waals surface area contributed by atoms with Gasteiger partial charge in [-0.3, -0.25) is 0 Å². The quantitative estimate of drug-likeness (QED) is 0.524. The van der Waals surface area contributed by atoms with Crippen molar-refractivity contribution in [2.24, 2.45) is 0 Å². The van der Waals surface area contributed by atoms with Crippen molar-refractivity contribution in [3.05, 3.63) is 107 Å². The van der Waals surface area contributed by atoms with Crippen LogP contribution in [0.15, 0.2) is 72.8 Å². The maximum Gasteiger partial charge on any atom is 0.0130 e.